The lowest BCUT2D eigenvalue weighted by molar-refractivity contribution is -0.121. The third kappa shape index (κ3) is 5.14. The van der Waals surface area contributed by atoms with E-state index in [-0.39, 0.29) is 24.5 Å². The van der Waals surface area contributed by atoms with Crippen LogP contribution in [0.15, 0.2) is 73.3 Å². The number of nitrogens with one attached hydrogen (secondary N) is 1. The molecule has 26 heavy (non-hydrogen) atoms. The number of carbonyl (C=O) groups excluding carboxylic acids is 2. The number of imidazole rings is 1. The molecule has 0 saturated heterocycles. The van der Waals surface area contributed by atoms with Gasteiger partial charge in [-0.25, -0.2) is 4.98 Å². The predicted molar refractivity (Wildman–Crippen MR) is 99.6 cm³/mol. The molecule has 0 aliphatic heterocycles. The Morgan fingerprint density at radius 1 is 0.923 bits per heavy atom. The van der Waals surface area contributed by atoms with Crippen molar-refractivity contribution >= 4 is 11.7 Å². The maximum Gasteiger partial charge on any atom is 0.220 e. The summed E-state index contributed by atoms with van der Waals surface area (Å²) in [6.45, 7) is 1.23. The fourth-order valence-corrected chi connectivity index (χ4v) is 2.64. The van der Waals surface area contributed by atoms with Crippen LogP contribution in [0.2, 0.25) is 0 Å². The topological polar surface area (TPSA) is 64.0 Å². The van der Waals surface area contributed by atoms with Crippen molar-refractivity contribution in [1.82, 2.24) is 14.9 Å². The van der Waals surface area contributed by atoms with E-state index in [1.54, 1.807) is 24.7 Å². The summed E-state index contributed by atoms with van der Waals surface area (Å²) < 4.78 is 2.00. The SMILES string of the molecule is O=C(CCC(=O)c1ccccc1)NCc1ccc(Cn2ccnc2)cc1. The van der Waals surface area contributed by atoms with Gasteiger partial charge in [0.1, 0.15) is 0 Å². The molecular formula is C21H21N3O2. The molecule has 0 radical (unpaired) electrons. The minimum atomic E-state index is -0.114. The lowest BCUT2D eigenvalue weighted by atomic mass is 10.1. The van der Waals surface area contributed by atoms with E-state index in [0.717, 1.165) is 12.1 Å². The van der Waals surface area contributed by atoms with Crippen molar-refractivity contribution in [2.45, 2.75) is 25.9 Å². The summed E-state index contributed by atoms with van der Waals surface area (Å²) in [7, 11) is 0. The highest BCUT2D eigenvalue weighted by molar-refractivity contribution is 5.97. The normalized spacial score (nSPS) is 10.5. The van der Waals surface area contributed by atoms with Crippen molar-refractivity contribution in [2.24, 2.45) is 0 Å². The fraction of sp³-hybridized carbons (Fsp3) is 0.190. The molecule has 0 fully saturated rings. The molecule has 5 heteroatoms. The highest BCUT2D eigenvalue weighted by Gasteiger charge is 2.08. The molecule has 0 spiro atoms. The molecule has 2 aromatic carbocycles. The lowest BCUT2D eigenvalue weighted by Gasteiger charge is -2.07. The van der Waals surface area contributed by atoms with Crippen LogP contribution in [0.3, 0.4) is 0 Å². The van der Waals surface area contributed by atoms with Crippen LogP contribution in [0.25, 0.3) is 0 Å². The Kier molecular flexibility index (Phi) is 5.93. The molecule has 0 saturated carbocycles. The number of rotatable bonds is 8. The number of hydrogen-bond donors (Lipinski definition) is 1. The summed E-state index contributed by atoms with van der Waals surface area (Å²) in [5.41, 5.74) is 2.85. The minimum absolute atomic E-state index is 0.00963. The number of carbonyl (C=O) groups is 2. The average molecular weight is 347 g/mol. The molecule has 3 aromatic rings. The summed E-state index contributed by atoms with van der Waals surface area (Å²) in [4.78, 5) is 28.0. The maximum atomic E-state index is 12.0. The summed E-state index contributed by atoms with van der Waals surface area (Å²) in [6.07, 6.45) is 5.88. The van der Waals surface area contributed by atoms with Crippen molar-refractivity contribution in [1.29, 1.82) is 0 Å². The van der Waals surface area contributed by atoms with E-state index in [9.17, 15) is 9.59 Å². The third-order valence-corrected chi connectivity index (χ3v) is 4.11. The Bertz CT molecular complexity index is 841. The van der Waals surface area contributed by atoms with Gasteiger partial charge in [-0.15, -0.1) is 0 Å². The summed E-state index contributed by atoms with van der Waals surface area (Å²) in [5, 5.41) is 2.86. The molecule has 0 aliphatic carbocycles. The van der Waals surface area contributed by atoms with Crippen LogP contribution >= 0.6 is 0 Å². The molecule has 1 amide bonds. The number of Topliss-reactive ketones (excluding diaryl/α,β-unsaturated/α-hetero) is 1. The Morgan fingerprint density at radius 3 is 2.35 bits per heavy atom. The first kappa shape index (κ1) is 17.6. The Hall–Kier alpha value is -3.21. The molecular weight excluding hydrogens is 326 g/mol. The molecule has 1 aromatic heterocycles. The molecule has 0 aliphatic rings. The van der Waals surface area contributed by atoms with Gasteiger partial charge in [0.15, 0.2) is 5.78 Å². The first-order valence-corrected chi connectivity index (χ1v) is 8.59. The second-order valence-electron chi connectivity index (χ2n) is 6.12. The van der Waals surface area contributed by atoms with Crippen molar-refractivity contribution in [3.05, 3.63) is 90.0 Å². The first-order valence-electron chi connectivity index (χ1n) is 8.59. The van der Waals surface area contributed by atoms with E-state index < -0.39 is 0 Å². The fourth-order valence-electron chi connectivity index (χ4n) is 2.64. The van der Waals surface area contributed by atoms with Crippen molar-refractivity contribution in [3.8, 4) is 0 Å². The number of ketones is 1. The quantitative estimate of drug-likeness (QED) is 0.637. The van der Waals surface area contributed by atoms with Gasteiger partial charge in [0.05, 0.1) is 6.33 Å². The second kappa shape index (κ2) is 8.76. The number of aromatic nitrogens is 2. The van der Waals surface area contributed by atoms with Gasteiger partial charge in [-0.3, -0.25) is 9.59 Å². The summed E-state index contributed by atoms with van der Waals surface area (Å²) >= 11 is 0. The van der Waals surface area contributed by atoms with Gasteiger partial charge in [-0.2, -0.15) is 0 Å². The molecule has 0 unspecified atom stereocenters. The van der Waals surface area contributed by atoms with Crippen LogP contribution in [0, 0.1) is 0 Å². The van der Waals surface area contributed by atoms with Crippen LogP contribution in [0.1, 0.15) is 34.3 Å². The third-order valence-electron chi connectivity index (χ3n) is 4.11. The van der Waals surface area contributed by atoms with Gasteiger partial charge in [0.2, 0.25) is 5.91 Å². The summed E-state index contributed by atoms with van der Waals surface area (Å²) in [5.74, 6) is -0.124. The molecule has 3 rings (SSSR count). The van der Waals surface area contributed by atoms with E-state index in [1.807, 2.05) is 53.2 Å². The van der Waals surface area contributed by atoms with Gasteiger partial charge in [0.25, 0.3) is 0 Å². The smallest absolute Gasteiger partial charge is 0.220 e. The summed E-state index contributed by atoms with van der Waals surface area (Å²) in [6, 6.07) is 17.1. The molecule has 0 bridgehead atoms. The predicted octanol–water partition coefficient (Wildman–Crippen LogP) is 3.21. The van der Waals surface area contributed by atoms with Crippen molar-refractivity contribution in [2.75, 3.05) is 0 Å². The molecule has 1 heterocycles. The van der Waals surface area contributed by atoms with Crippen LogP contribution in [-0.4, -0.2) is 21.2 Å². The standard InChI is InChI=1S/C21H21N3O2/c25-20(19-4-2-1-3-5-19)10-11-21(26)23-14-17-6-8-18(9-7-17)15-24-13-12-22-16-24/h1-9,12-13,16H,10-11,14-15H2,(H,23,26). The Labute approximate surface area is 152 Å². The monoisotopic (exact) mass is 347 g/mol. The second-order valence-corrected chi connectivity index (χ2v) is 6.12. The van der Waals surface area contributed by atoms with Gasteiger partial charge in [-0.05, 0) is 11.1 Å². The van der Waals surface area contributed by atoms with E-state index in [0.29, 0.717) is 12.1 Å². The maximum absolute atomic E-state index is 12.0. The van der Waals surface area contributed by atoms with Gasteiger partial charge < -0.3 is 9.88 Å². The molecule has 0 atom stereocenters. The van der Waals surface area contributed by atoms with Gasteiger partial charge in [-0.1, -0.05) is 54.6 Å². The first-order chi connectivity index (χ1) is 12.7. The molecule has 1 N–H and O–H groups in total. The van der Waals surface area contributed by atoms with E-state index in [4.69, 9.17) is 0 Å². The highest BCUT2D eigenvalue weighted by atomic mass is 16.2. The average Bonchev–Trinajstić information content (AvgIpc) is 3.19. The van der Waals surface area contributed by atoms with Crippen molar-refractivity contribution in [3.63, 3.8) is 0 Å². The molecule has 5 nitrogen and oxygen atoms in total. The number of benzene rings is 2. The molecule has 132 valence electrons. The zero-order valence-electron chi connectivity index (χ0n) is 14.5. The van der Waals surface area contributed by atoms with Crippen LogP contribution in [0.4, 0.5) is 0 Å². The lowest BCUT2D eigenvalue weighted by Crippen LogP contribution is -2.23. The zero-order valence-corrected chi connectivity index (χ0v) is 14.5. The number of amides is 1. The Morgan fingerprint density at radius 2 is 1.65 bits per heavy atom. The largest absolute Gasteiger partial charge is 0.352 e. The zero-order chi connectivity index (χ0) is 18.2. The number of hydrogen-bond acceptors (Lipinski definition) is 3. The van der Waals surface area contributed by atoms with E-state index in [2.05, 4.69) is 10.3 Å². The van der Waals surface area contributed by atoms with Gasteiger partial charge in [0, 0.05) is 43.9 Å². The Balaban J connectivity index is 1.42. The van der Waals surface area contributed by atoms with E-state index in [1.165, 1.54) is 5.56 Å². The van der Waals surface area contributed by atoms with Crippen molar-refractivity contribution < 1.29 is 9.59 Å². The van der Waals surface area contributed by atoms with Crippen LogP contribution in [-0.2, 0) is 17.9 Å². The van der Waals surface area contributed by atoms with Crippen LogP contribution in [0.5, 0.6) is 0 Å². The van der Waals surface area contributed by atoms with Crippen LogP contribution < -0.4 is 5.32 Å². The minimum Gasteiger partial charge on any atom is -0.352 e. The number of nitrogens with zero attached hydrogens (tertiary/aromatic N) is 2. The van der Waals surface area contributed by atoms with E-state index >= 15 is 0 Å². The van der Waals surface area contributed by atoms with Gasteiger partial charge >= 0.3 is 0 Å². The highest BCUT2D eigenvalue weighted by Crippen LogP contribution is 2.08.